The lowest BCUT2D eigenvalue weighted by atomic mass is 10.3. The van der Waals surface area contributed by atoms with Crippen molar-refractivity contribution in [1.82, 2.24) is 0 Å². The van der Waals surface area contributed by atoms with Crippen LogP contribution in [0.3, 0.4) is 0 Å². The summed E-state index contributed by atoms with van der Waals surface area (Å²) in [6.07, 6.45) is 0.900. The van der Waals surface area contributed by atoms with E-state index >= 15 is 0 Å². The first-order valence-electron chi connectivity index (χ1n) is 7.13. The van der Waals surface area contributed by atoms with Crippen molar-refractivity contribution in [3.8, 4) is 0 Å². The van der Waals surface area contributed by atoms with E-state index in [1.54, 1.807) is 37.4 Å². The van der Waals surface area contributed by atoms with Crippen molar-refractivity contribution in [1.29, 1.82) is 0 Å². The number of anilines is 2. The Morgan fingerprint density at radius 3 is 2.35 bits per heavy atom. The highest BCUT2D eigenvalue weighted by Gasteiger charge is 2.17. The van der Waals surface area contributed by atoms with E-state index in [2.05, 4.69) is 10.0 Å². The predicted molar refractivity (Wildman–Crippen MR) is 93.7 cm³/mol. The zero-order valence-electron chi connectivity index (χ0n) is 12.8. The van der Waals surface area contributed by atoms with E-state index in [1.165, 1.54) is 6.07 Å². The molecule has 0 amide bonds. The number of sulfonamides is 1. The second-order valence-corrected chi connectivity index (χ2v) is 6.94. The maximum atomic E-state index is 12.3. The molecule has 0 aliphatic rings. The van der Waals surface area contributed by atoms with E-state index in [9.17, 15) is 8.42 Å². The predicted octanol–water partition coefficient (Wildman–Crippen LogP) is 3.59. The number of rotatable bonds is 8. The van der Waals surface area contributed by atoms with Crippen LogP contribution in [0.25, 0.3) is 0 Å². The maximum Gasteiger partial charge on any atom is 0.263 e. The maximum absolute atomic E-state index is 12.3. The largest absolute Gasteiger partial charge is 0.385 e. The molecule has 5 nitrogen and oxygen atoms in total. The van der Waals surface area contributed by atoms with E-state index < -0.39 is 10.0 Å². The molecule has 124 valence electrons. The average molecular weight is 355 g/mol. The van der Waals surface area contributed by atoms with Crippen molar-refractivity contribution in [2.24, 2.45) is 0 Å². The zero-order valence-corrected chi connectivity index (χ0v) is 14.3. The quantitative estimate of drug-likeness (QED) is 0.711. The van der Waals surface area contributed by atoms with Crippen LogP contribution in [0.2, 0.25) is 5.02 Å². The van der Waals surface area contributed by atoms with Gasteiger partial charge in [-0.3, -0.25) is 4.72 Å². The summed E-state index contributed by atoms with van der Waals surface area (Å²) < 4.78 is 32.1. The monoisotopic (exact) mass is 354 g/mol. The molecule has 0 saturated carbocycles. The topological polar surface area (TPSA) is 67.4 Å². The number of methoxy groups -OCH3 is 1. The molecular formula is C16H19ClN2O3S. The molecule has 0 fully saturated rings. The Balaban J connectivity index is 2.02. The van der Waals surface area contributed by atoms with Crippen molar-refractivity contribution in [2.45, 2.75) is 11.3 Å². The third-order valence-electron chi connectivity index (χ3n) is 3.12. The van der Waals surface area contributed by atoms with E-state index in [-0.39, 0.29) is 9.92 Å². The molecule has 0 aliphatic carbocycles. The van der Waals surface area contributed by atoms with Gasteiger partial charge >= 0.3 is 0 Å². The zero-order chi connectivity index (χ0) is 16.7. The third-order valence-corrected chi connectivity index (χ3v) is 5.00. The number of hydrogen-bond donors (Lipinski definition) is 2. The van der Waals surface area contributed by atoms with Gasteiger partial charge in [0.25, 0.3) is 10.0 Å². The number of ether oxygens (including phenoxy) is 1. The number of nitrogens with one attached hydrogen (secondary N) is 2. The summed E-state index contributed by atoms with van der Waals surface area (Å²) in [5.74, 6) is 0. The highest BCUT2D eigenvalue weighted by molar-refractivity contribution is 7.92. The smallest absolute Gasteiger partial charge is 0.263 e. The van der Waals surface area contributed by atoms with Crippen molar-refractivity contribution in [3.05, 3.63) is 53.6 Å². The van der Waals surface area contributed by atoms with Gasteiger partial charge in [-0.05, 0) is 42.8 Å². The summed E-state index contributed by atoms with van der Waals surface area (Å²) in [5.41, 5.74) is 1.40. The van der Waals surface area contributed by atoms with Crippen LogP contribution >= 0.6 is 11.6 Å². The Kier molecular flexibility index (Phi) is 6.27. The second kappa shape index (κ2) is 8.19. The van der Waals surface area contributed by atoms with Gasteiger partial charge in [0, 0.05) is 31.6 Å². The van der Waals surface area contributed by atoms with Gasteiger partial charge < -0.3 is 10.1 Å². The standard InChI is InChI=1S/C16H19ClN2O3S/c1-22-12-4-11-18-13-7-9-14(10-8-13)19-23(20,21)16-6-3-2-5-15(16)17/h2-3,5-10,18-19H,4,11-12H2,1H3. The van der Waals surface area contributed by atoms with Gasteiger partial charge in [0.15, 0.2) is 0 Å². The summed E-state index contributed by atoms with van der Waals surface area (Å²) in [7, 11) is -2.03. The van der Waals surface area contributed by atoms with Gasteiger partial charge in [-0.25, -0.2) is 8.42 Å². The molecule has 0 spiro atoms. The van der Waals surface area contributed by atoms with Gasteiger partial charge in [0.2, 0.25) is 0 Å². The van der Waals surface area contributed by atoms with Gasteiger partial charge in [0.1, 0.15) is 4.90 Å². The molecule has 0 saturated heterocycles. The Bertz CT molecular complexity index is 733. The molecule has 2 rings (SSSR count). The number of hydrogen-bond acceptors (Lipinski definition) is 4. The van der Waals surface area contributed by atoms with E-state index in [4.69, 9.17) is 16.3 Å². The minimum Gasteiger partial charge on any atom is -0.385 e. The molecule has 0 unspecified atom stereocenters. The Hall–Kier alpha value is -1.76. The molecule has 2 N–H and O–H groups in total. The first kappa shape index (κ1) is 17.6. The van der Waals surface area contributed by atoms with E-state index in [0.29, 0.717) is 12.3 Å². The lowest BCUT2D eigenvalue weighted by molar-refractivity contribution is 0.198. The third kappa shape index (κ3) is 5.13. The molecule has 0 heterocycles. The molecule has 7 heteroatoms. The fraction of sp³-hybridized carbons (Fsp3) is 0.250. The first-order valence-corrected chi connectivity index (χ1v) is 8.99. The molecular weight excluding hydrogens is 336 g/mol. The van der Waals surface area contributed by atoms with Crippen LogP contribution in [-0.4, -0.2) is 28.7 Å². The summed E-state index contributed by atoms with van der Waals surface area (Å²) in [5, 5.41) is 3.42. The van der Waals surface area contributed by atoms with E-state index in [1.807, 2.05) is 12.1 Å². The SMILES string of the molecule is COCCCNc1ccc(NS(=O)(=O)c2ccccc2Cl)cc1. The lowest BCUT2D eigenvalue weighted by Crippen LogP contribution is -2.13. The molecule has 0 atom stereocenters. The second-order valence-electron chi connectivity index (χ2n) is 4.89. The van der Waals surface area contributed by atoms with Crippen molar-refractivity contribution < 1.29 is 13.2 Å². The normalized spacial score (nSPS) is 11.2. The minimum atomic E-state index is -3.70. The molecule has 2 aromatic rings. The van der Waals surface area contributed by atoms with Gasteiger partial charge in [-0.1, -0.05) is 23.7 Å². The van der Waals surface area contributed by atoms with Crippen LogP contribution in [0.4, 0.5) is 11.4 Å². The summed E-state index contributed by atoms with van der Waals surface area (Å²) >= 11 is 5.94. The molecule has 0 radical (unpaired) electrons. The van der Waals surface area contributed by atoms with Crippen LogP contribution in [0.15, 0.2) is 53.4 Å². The van der Waals surface area contributed by atoms with Crippen LogP contribution in [0, 0.1) is 0 Å². The van der Waals surface area contributed by atoms with Gasteiger partial charge in [-0.15, -0.1) is 0 Å². The Morgan fingerprint density at radius 1 is 1.04 bits per heavy atom. The molecule has 0 aliphatic heterocycles. The van der Waals surface area contributed by atoms with Crippen LogP contribution in [0.5, 0.6) is 0 Å². The van der Waals surface area contributed by atoms with Crippen LogP contribution in [0.1, 0.15) is 6.42 Å². The van der Waals surface area contributed by atoms with Crippen LogP contribution in [-0.2, 0) is 14.8 Å². The van der Waals surface area contributed by atoms with Gasteiger partial charge in [-0.2, -0.15) is 0 Å². The highest BCUT2D eigenvalue weighted by Crippen LogP contribution is 2.23. The first-order chi connectivity index (χ1) is 11.0. The summed E-state index contributed by atoms with van der Waals surface area (Å²) in [4.78, 5) is 0.0587. The molecule has 2 aromatic carbocycles. The van der Waals surface area contributed by atoms with Gasteiger partial charge in [0.05, 0.1) is 5.02 Å². The lowest BCUT2D eigenvalue weighted by Gasteiger charge is -2.11. The van der Waals surface area contributed by atoms with Crippen molar-refractivity contribution in [2.75, 3.05) is 30.3 Å². The summed E-state index contributed by atoms with van der Waals surface area (Å²) in [6.45, 7) is 1.49. The number of benzene rings is 2. The van der Waals surface area contributed by atoms with E-state index in [0.717, 1.165) is 18.7 Å². The van der Waals surface area contributed by atoms with Crippen LogP contribution < -0.4 is 10.0 Å². The number of halogens is 1. The fourth-order valence-electron chi connectivity index (χ4n) is 1.98. The fourth-order valence-corrected chi connectivity index (χ4v) is 3.56. The molecule has 0 aromatic heterocycles. The molecule has 23 heavy (non-hydrogen) atoms. The minimum absolute atomic E-state index is 0.0587. The highest BCUT2D eigenvalue weighted by atomic mass is 35.5. The average Bonchev–Trinajstić information content (AvgIpc) is 2.53. The Morgan fingerprint density at radius 2 is 1.70 bits per heavy atom. The van der Waals surface area contributed by atoms with Crippen molar-refractivity contribution >= 4 is 33.0 Å². The van der Waals surface area contributed by atoms with Crippen molar-refractivity contribution in [3.63, 3.8) is 0 Å². The molecule has 0 bridgehead atoms. The Labute approximate surface area is 141 Å². The summed E-state index contributed by atoms with van der Waals surface area (Å²) in [6, 6.07) is 13.4.